The molecular formula is C24H29N3O5S. The molecule has 3 rings (SSSR count). The maximum atomic E-state index is 12.6. The molecule has 0 aliphatic heterocycles. The SMILES string of the molecule is COCCNC(=O)OCC1CCc2c(sc(NC(=O)CCc3cccc(OC)c3)c2C#N)C1. The number of alkyl carbamates (subject to hydrolysis) is 1. The van der Waals surface area contributed by atoms with Crippen LogP contribution in [0.3, 0.4) is 0 Å². The average Bonchev–Trinajstić information content (AvgIpc) is 3.17. The highest BCUT2D eigenvalue weighted by Gasteiger charge is 2.27. The maximum Gasteiger partial charge on any atom is 0.407 e. The molecule has 0 saturated heterocycles. The van der Waals surface area contributed by atoms with Crippen molar-refractivity contribution in [2.24, 2.45) is 5.92 Å². The number of carbonyl (C=O) groups excluding carboxylic acids is 2. The number of thiophene rings is 1. The summed E-state index contributed by atoms with van der Waals surface area (Å²) in [4.78, 5) is 25.4. The molecule has 0 fully saturated rings. The van der Waals surface area contributed by atoms with Crippen LogP contribution in [0.5, 0.6) is 5.75 Å². The second-order valence-electron chi connectivity index (χ2n) is 7.85. The van der Waals surface area contributed by atoms with Gasteiger partial charge in [0.2, 0.25) is 5.91 Å². The number of carbonyl (C=O) groups is 2. The molecule has 1 aliphatic rings. The molecule has 0 bridgehead atoms. The molecule has 8 nitrogen and oxygen atoms in total. The molecule has 1 heterocycles. The van der Waals surface area contributed by atoms with Gasteiger partial charge in [-0.3, -0.25) is 4.79 Å². The van der Waals surface area contributed by atoms with Gasteiger partial charge in [-0.25, -0.2) is 4.79 Å². The first kappa shape index (κ1) is 24.6. The zero-order chi connectivity index (χ0) is 23.6. The summed E-state index contributed by atoms with van der Waals surface area (Å²) in [5.74, 6) is 0.824. The Morgan fingerprint density at radius 1 is 1.30 bits per heavy atom. The Bertz CT molecular complexity index is 1010. The molecule has 2 aromatic rings. The van der Waals surface area contributed by atoms with Crippen molar-refractivity contribution in [3.8, 4) is 11.8 Å². The van der Waals surface area contributed by atoms with E-state index in [0.717, 1.165) is 41.0 Å². The Kier molecular flexibility index (Phi) is 9.10. The predicted molar refractivity (Wildman–Crippen MR) is 126 cm³/mol. The highest BCUT2D eigenvalue weighted by Crippen LogP contribution is 2.39. The number of benzene rings is 1. The molecule has 1 aliphatic carbocycles. The van der Waals surface area contributed by atoms with E-state index in [0.29, 0.717) is 43.2 Å². The van der Waals surface area contributed by atoms with Crippen molar-refractivity contribution in [2.75, 3.05) is 39.3 Å². The van der Waals surface area contributed by atoms with Gasteiger partial charge in [0, 0.05) is 25.0 Å². The Hall–Kier alpha value is -3.09. The number of aryl methyl sites for hydroxylation is 1. The van der Waals surface area contributed by atoms with Crippen LogP contribution in [0.4, 0.5) is 9.80 Å². The lowest BCUT2D eigenvalue weighted by Crippen LogP contribution is -2.30. The van der Waals surface area contributed by atoms with E-state index in [1.54, 1.807) is 14.2 Å². The first-order chi connectivity index (χ1) is 16.0. The summed E-state index contributed by atoms with van der Waals surface area (Å²) in [6.07, 6.45) is 2.73. The van der Waals surface area contributed by atoms with Gasteiger partial charge in [-0.1, -0.05) is 12.1 Å². The summed E-state index contributed by atoms with van der Waals surface area (Å²) in [6, 6.07) is 9.90. The van der Waals surface area contributed by atoms with Gasteiger partial charge >= 0.3 is 6.09 Å². The largest absolute Gasteiger partial charge is 0.497 e. The van der Waals surface area contributed by atoms with E-state index >= 15 is 0 Å². The fourth-order valence-electron chi connectivity index (χ4n) is 3.78. The minimum Gasteiger partial charge on any atom is -0.497 e. The molecule has 0 saturated carbocycles. The Balaban J connectivity index is 1.54. The van der Waals surface area contributed by atoms with Crippen molar-refractivity contribution in [3.05, 3.63) is 45.8 Å². The van der Waals surface area contributed by atoms with Gasteiger partial charge in [0.1, 0.15) is 16.8 Å². The molecule has 1 atom stereocenters. The Morgan fingerprint density at radius 3 is 2.91 bits per heavy atom. The van der Waals surface area contributed by atoms with Crippen LogP contribution in [0.2, 0.25) is 0 Å². The Morgan fingerprint density at radius 2 is 2.15 bits per heavy atom. The molecule has 2 amide bonds. The van der Waals surface area contributed by atoms with Crippen molar-refractivity contribution < 1.29 is 23.8 Å². The van der Waals surface area contributed by atoms with Gasteiger partial charge in [-0.05, 0) is 54.9 Å². The number of rotatable bonds is 10. The number of fused-ring (bicyclic) bond motifs is 1. The van der Waals surface area contributed by atoms with E-state index in [1.807, 2.05) is 24.3 Å². The van der Waals surface area contributed by atoms with Crippen molar-refractivity contribution in [3.63, 3.8) is 0 Å². The van der Waals surface area contributed by atoms with Crippen LogP contribution in [0.25, 0.3) is 0 Å². The summed E-state index contributed by atoms with van der Waals surface area (Å²) in [5.41, 5.74) is 2.58. The molecular weight excluding hydrogens is 442 g/mol. The second-order valence-corrected chi connectivity index (χ2v) is 8.95. The molecule has 1 aromatic carbocycles. The number of anilines is 1. The van der Waals surface area contributed by atoms with Gasteiger partial charge in [0.05, 0.1) is 25.9 Å². The summed E-state index contributed by atoms with van der Waals surface area (Å²) in [6.45, 7) is 1.16. The number of hydrogen-bond donors (Lipinski definition) is 2. The number of nitrogens with zero attached hydrogens (tertiary/aromatic N) is 1. The number of ether oxygens (including phenoxy) is 3. The molecule has 0 spiro atoms. The molecule has 176 valence electrons. The summed E-state index contributed by atoms with van der Waals surface area (Å²) in [5, 5.41) is 15.9. The fourth-order valence-corrected chi connectivity index (χ4v) is 5.11. The van der Waals surface area contributed by atoms with Crippen LogP contribution in [-0.2, 0) is 33.5 Å². The van der Waals surface area contributed by atoms with Gasteiger partial charge in [-0.2, -0.15) is 5.26 Å². The molecule has 33 heavy (non-hydrogen) atoms. The molecule has 9 heteroatoms. The van der Waals surface area contributed by atoms with Crippen molar-refractivity contribution >= 4 is 28.3 Å². The standard InChI is InChI=1S/C24H29N3O5S/c1-30-11-10-26-24(29)32-15-17-6-8-19-20(14-25)23(33-21(19)13-17)27-22(28)9-7-16-4-3-5-18(12-16)31-2/h3-5,12,17H,6-11,13,15H2,1-2H3,(H,26,29)(H,27,28). The molecule has 1 aromatic heterocycles. The van der Waals surface area contributed by atoms with Crippen LogP contribution < -0.4 is 15.4 Å². The number of methoxy groups -OCH3 is 2. The van der Waals surface area contributed by atoms with Crippen LogP contribution in [-0.4, -0.2) is 46.0 Å². The van der Waals surface area contributed by atoms with E-state index in [4.69, 9.17) is 14.2 Å². The lowest BCUT2D eigenvalue weighted by Gasteiger charge is -2.21. The molecule has 2 N–H and O–H groups in total. The monoisotopic (exact) mass is 471 g/mol. The van der Waals surface area contributed by atoms with Crippen molar-refractivity contribution in [1.29, 1.82) is 5.26 Å². The maximum absolute atomic E-state index is 12.6. The zero-order valence-electron chi connectivity index (χ0n) is 18.9. The van der Waals surface area contributed by atoms with Crippen LogP contribution in [0.1, 0.15) is 34.4 Å². The van der Waals surface area contributed by atoms with Crippen molar-refractivity contribution in [2.45, 2.75) is 32.1 Å². The zero-order valence-corrected chi connectivity index (χ0v) is 19.8. The lowest BCUT2D eigenvalue weighted by molar-refractivity contribution is -0.116. The highest BCUT2D eigenvalue weighted by atomic mass is 32.1. The van der Waals surface area contributed by atoms with Gasteiger partial charge < -0.3 is 24.8 Å². The summed E-state index contributed by atoms with van der Waals surface area (Å²) < 4.78 is 15.4. The molecule has 0 radical (unpaired) electrons. The third kappa shape index (κ3) is 6.94. The van der Waals surface area contributed by atoms with Crippen LogP contribution in [0, 0.1) is 17.2 Å². The minimum absolute atomic E-state index is 0.125. The number of nitriles is 1. The quantitative estimate of drug-likeness (QED) is 0.512. The third-order valence-electron chi connectivity index (χ3n) is 5.53. The number of nitrogens with one attached hydrogen (secondary N) is 2. The third-order valence-corrected chi connectivity index (χ3v) is 6.70. The van der Waals surface area contributed by atoms with Crippen LogP contribution >= 0.6 is 11.3 Å². The topological polar surface area (TPSA) is 110 Å². The van der Waals surface area contributed by atoms with Gasteiger partial charge in [-0.15, -0.1) is 11.3 Å². The number of hydrogen-bond acceptors (Lipinski definition) is 7. The summed E-state index contributed by atoms with van der Waals surface area (Å²) >= 11 is 1.45. The first-order valence-corrected chi connectivity index (χ1v) is 11.7. The molecule has 1 unspecified atom stereocenters. The normalized spacial score (nSPS) is 14.6. The van der Waals surface area contributed by atoms with E-state index in [1.165, 1.54) is 11.3 Å². The predicted octanol–water partition coefficient (Wildman–Crippen LogP) is 3.68. The van der Waals surface area contributed by atoms with E-state index in [-0.39, 0.29) is 11.8 Å². The minimum atomic E-state index is -0.453. The smallest absolute Gasteiger partial charge is 0.407 e. The Labute approximate surface area is 197 Å². The highest BCUT2D eigenvalue weighted by molar-refractivity contribution is 7.16. The van der Waals surface area contributed by atoms with E-state index in [2.05, 4.69) is 16.7 Å². The number of amides is 2. The van der Waals surface area contributed by atoms with E-state index in [9.17, 15) is 14.9 Å². The van der Waals surface area contributed by atoms with E-state index < -0.39 is 6.09 Å². The lowest BCUT2D eigenvalue weighted by atomic mass is 9.88. The average molecular weight is 472 g/mol. The summed E-state index contributed by atoms with van der Waals surface area (Å²) in [7, 11) is 3.18. The first-order valence-electron chi connectivity index (χ1n) is 10.9. The van der Waals surface area contributed by atoms with Gasteiger partial charge in [0.15, 0.2) is 0 Å². The van der Waals surface area contributed by atoms with Crippen LogP contribution in [0.15, 0.2) is 24.3 Å². The van der Waals surface area contributed by atoms with Gasteiger partial charge in [0.25, 0.3) is 0 Å². The fraction of sp³-hybridized carbons (Fsp3) is 0.458. The second kappa shape index (κ2) is 12.2. The van der Waals surface area contributed by atoms with Crippen molar-refractivity contribution in [1.82, 2.24) is 5.32 Å².